The first-order valence-electron chi connectivity index (χ1n) is 6.34. The van der Waals surface area contributed by atoms with Gasteiger partial charge in [-0.2, -0.15) is 0 Å². The molecule has 4 heterocycles. The van der Waals surface area contributed by atoms with Crippen molar-refractivity contribution in [1.29, 1.82) is 0 Å². The number of hydrogen-bond donors (Lipinski definition) is 1. The van der Waals surface area contributed by atoms with Crippen LogP contribution in [-0.2, 0) is 0 Å². The molecule has 4 aromatic heterocycles. The Bertz CT molecular complexity index is 959. The highest BCUT2D eigenvalue weighted by Gasteiger charge is 2.17. The third-order valence-electron chi connectivity index (χ3n) is 2.91. The number of rotatable bonds is 4. The van der Waals surface area contributed by atoms with E-state index in [0.29, 0.717) is 16.6 Å². The van der Waals surface area contributed by atoms with Gasteiger partial charge < -0.3 is 5.84 Å². The van der Waals surface area contributed by atoms with Crippen molar-refractivity contribution < 1.29 is 0 Å². The zero-order chi connectivity index (χ0) is 15.8. The van der Waals surface area contributed by atoms with Gasteiger partial charge in [0.2, 0.25) is 5.16 Å². The second kappa shape index (κ2) is 6.07. The minimum atomic E-state index is 0.576. The van der Waals surface area contributed by atoms with Gasteiger partial charge in [-0.25, -0.2) is 19.6 Å². The summed E-state index contributed by atoms with van der Waals surface area (Å²) in [6, 6.07) is 3.92. The SMILES string of the molecule is CSc1nc2ncnc(Sc3nnc(-c4cccs4)n3N)c2s1. The molecule has 0 atom stereocenters. The molecular weight excluding hydrogens is 370 g/mol. The highest BCUT2D eigenvalue weighted by molar-refractivity contribution is 8.00. The summed E-state index contributed by atoms with van der Waals surface area (Å²) in [5.41, 5.74) is 0.693. The van der Waals surface area contributed by atoms with E-state index in [2.05, 4.69) is 25.1 Å². The van der Waals surface area contributed by atoms with Gasteiger partial charge in [0.1, 0.15) is 16.1 Å². The van der Waals surface area contributed by atoms with Crippen LogP contribution in [0.2, 0.25) is 0 Å². The molecule has 23 heavy (non-hydrogen) atoms. The Labute approximate surface area is 147 Å². The van der Waals surface area contributed by atoms with Crippen LogP contribution in [0.5, 0.6) is 0 Å². The summed E-state index contributed by atoms with van der Waals surface area (Å²) in [5.74, 6) is 6.78. The summed E-state index contributed by atoms with van der Waals surface area (Å²) in [5, 5.41) is 11.7. The average molecular weight is 380 g/mol. The summed E-state index contributed by atoms with van der Waals surface area (Å²) in [6.45, 7) is 0. The fraction of sp³-hybridized carbons (Fsp3) is 0.0833. The van der Waals surface area contributed by atoms with Gasteiger partial charge >= 0.3 is 0 Å². The first kappa shape index (κ1) is 14.9. The molecule has 0 fully saturated rings. The molecule has 0 amide bonds. The highest BCUT2D eigenvalue weighted by Crippen LogP contribution is 2.36. The van der Waals surface area contributed by atoms with E-state index < -0.39 is 0 Å². The minimum absolute atomic E-state index is 0.576. The number of nitrogens with zero attached hydrogens (tertiary/aromatic N) is 6. The maximum absolute atomic E-state index is 6.14. The van der Waals surface area contributed by atoms with Crippen LogP contribution in [-0.4, -0.2) is 36.1 Å². The van der Waals surface area contributed by atoms with E-state index in [1.807, 2.05) is 23.8 Å². The Balaban J connectivity index is 1.73. The van der Waals surface area contributed by atoms with E-state index in [1.54, 1.807) is 34.4 Å². The topological polar surface area (TPSA) is 95.4 Å². The third-order valence-corrected chi connectivity index (χ3v) is 6.90. The number of thiophene rings is 1. The molecule has 0 saturated heterocycles. The quantitative estimate of drug-likeness (QED) is 0.328. The lowest BCUT2D eigenvalue weighted by Crippen LogP contribution is -2.11. The number of hydrogen-bond acceptors (Lipinski definition) is 10. The maximum atomic E-state index is 6.14. The Hall–Kier alpha value is -1.69. The molecule has 2 N–H and O–H groups in total. The van der Waals surface area contributed by atoms with E-state index in [4.69, 9.17) is 5.84 Å². The molecule has 11 heteroatoms. The summed E-state index contributed by atoms with van der Waals surface area (Å²) in [4.78, 5) is 14.0. The lowest BCUT2D eigenvalue weighted by Gasteiger charge is -2.02. The lowest BCUT2D eigenvalue weighted by molar-refractivity contribution is 0.848. The first-order valence-corrected chi connectivity index (χ1v) is 10.1. The summed E-state index contributed by atoms with van der Waals surface area (Å²) < 4.78 is 3.37. The Morgan fingerprint density at radius 2 is 2.17 bits per heavy atom. The van der Waals surface area contributed by atoms with Crippen molar-refractivity contribution in [1.82, 2.24) is 29.8 Å². The number of fused-ring (bicyclic) bond motifs is 1. The van der Waals surface area contributed by atoms with Gasteiger partial charge in [-0.1, -0.05) is 17.8 Å². The Morgan fingerprint density at radius 1 is 1.26 bits per heavy atom. The molecule has 0 saturated carbocycles. The van der Waals surface area contributed by atoms with E-state index in [0.717, 1.165) is 18.9 Å². The van der Waals surface area contributed by atoms with Crippen LogP contribution in [0, 0.1) is 0 Å². The summed E-state index contributed by atoms with van der Waals surface area (Å²) in [7, 11) is 0. The average Bonchev–Trinajstić information content (AvgIpc) is 3.28. The van der Waals surface area contributed by atoms with Crippen molar-refractivity contribution in [3.8, 4) is 10.7 Å². The summed E-state index contributed by atoms with van der Waals surface area (Å²) in [6.07, 6.45) is 3.49. The minimum Gasteiger partial charge on any atom is -0.335 e. The number of nitrogens with two attached hydrogens (primary N) is 1. The number of nitrogen functional groups attached to an aromatic ring is 1. The monoisotopic (exact) mass is 379 g/mol. The number of thiazole rings is 1. The van der Waals surface area contributed by atoms with Crippen molar-refractivity contribution in [3.63, 3.8) is 0 Å². The second-order valence-electron chi connectivity index (χ2n) is 4.27. The van der Waals surface area contributed by atoms with Gasteiger partial charge in [0.15, 0.2) is 15.8 Å². The third kappa shape index (κ3) is 2.69. The molecule has 116 valence electrons. The summed E-state index contributed by atoms with van der Waals surface area (Å²) >= 11 is 6.09. The van der Waals surface area contributed by atoms with Crippen molar-refractivity contribution in [2.45, 2.75) is 14.5 Å². The van der Waals surface area contributed by atoms with E-state index >= 15 is 0 Å². The lowest BCUT2D eigenvalue weighted by atomic mass is 10.4. The smallest absolute Gasteiger partial charge is 0.216 e. The molecule has 0 bridgehead atoms. The molecular formula is C12H9N7S4. The predicted octanol–water partition coefficient (Wildman–Crippen LogP) is 2.99. The van der Waals surface area contributed by atoms with Gasteiger partial charge in [-0.15, -0.1) is 32.9 Å². The number of thioether (sulfide) groups is 1. The molecule has 4 aromatic rings. The van der Waals surface area contributed by atoms with Crippen molar-refractivity contribution in [3.05, 3.63) is 23.8 Å². The van der Waals surface area contributed by atoms with E-state index in [9.17, 15) is 0 Å². The van der Waals surface area contributed by atoms with Crippen LogP contribution >= 0.6 is 46.2 Å². The zero-order valence-corrected chi connectivity index (χ0v) is 15.0. The molecule has 0 aliphatic rings. The molecule has 0 aliphatic carbocycles. The van der Waals surface area contributed by atoms with Gasteiger partial charge in [0.05, 0.1) is 4.88 Å². The zero-order valence-electron chi connectivity index (χ0n) is 11.7. The largest absolute Gasteiger partial charge is 0.335 e. The van der Waals surface area contributed by atoms with E-state index in [-0.39, 0.29) is 0 Å². The van der Waals surface area contributed by atoms with Crippen molar-refractivity contribution in [2.24, 2.45) is 0 Å². The number of aromatic nitrogens is 6. The van der Waals surface area contributed by atoms with Gasteiger partial charge in [0, 0.05) is 0 Å². The van der Waals surface area contributed by atoms with Crippen LogP contribution in [0.1, 0.15) is 0 Å². The molecule has 0 spiro atoms. The van der Waals surface area contributed by atoms with Crippen molar-refractivity contribution in [2.75, 3.05) is 12.1 Å². The Morgan fingerprint density at radius 3 is 2.96 bits per heavy atom. The van der Waals surface area contributed by atoms with Crippen LogP contribution in [0.4, 0.5) is 0 Å². The van der Waals surface area contributed by atoms with E-state index in [1.165, 1.54) is 22.8 Å². The van der Waals surface area contributed by atoms with Crippen LogP contribution < -0.4 is 5.84 Å². The highest BCUT2D eigenvalue weighted by atomic mass is 32.2. The van der Waals surface area contributed by atoms with Gasteiger partial charge in [0.25, 0.3) is 0 Å². The predicted molar refractivity (Wildman–Crippen MR) is 94.6 cm³/mol. The Kier molecular flexibility index (Phi) is 3.93. The normalized spacial score (nSPS) is 11.3. The fourth-order valence-electron chi connectivity index (χ4n) is 1.88. The fourth-order valence-corrected chi connectivity index (χ4v) is 4.96. The molecule has 0 aromatic carbocycles. The van der Waals surface area contributed by atoms with Gasteiger partial charge in [-0.05, 0) is 29.5 Å². The molecule has 4 rings (SSSR count). The maximum Gasteiger partial charge on any atom is 0.216 e. The standard InChI is InChI=1S/C12H9N7S4/c1-20-12-16-8-7(22-12)10(15-5-14-8)23-11-18-17-9(19(11)13)6-3-2-4-21-6/h2-5H,13H2,1H3. The molecule has 0 unspecified atom stereocenters. The van der Waals surface area contributed by atoms with Crippen molar-refractivity contribution >= 4 is 56.5 Å². The molecule has 0 radical (unpaired) electrons. The first-order chi connectivity index (χ1) is 11.3. The molecule has 7 nitrogen and oxygen atoms in total. The van der Waals surface area contributed by atoms with Crippen LogP contribution in [0.25, 0.3) is 21.0 Å². The van der Waals surface area contributed by atoms with Crippen LogP contribution in [0.15, 0.2) is 38.4 Å². The van der Waals surface area contributed by atoms with Gasteiger partial charge in [-0.3, -0.25) is 0 Å². The second-order valence-corrected chi connectivity index (χ2v) is 8.23. The molecule has 0 aliphatic heterocycles. The van der Waals surface area contributed by atoms with Crippen LogP contribution in [0.3, 0.4) is 0 Å².